The lowest BCUT2D eigenvalue weighted by atomic mass is 9.91. The van der Waals surface area contributed by atoms with Crippen LogP contribution in [0.15, 0.2) is 12.4 Å². The van der Waals surface area contributed by atoms with E-state index in [1.54, 1.807) is 11.8 Å². The highest BCUT2D eigenvalue weighted by atomic mass is 35.5. The van der Waals surface area contributed by atoms with Crippen LogP contribution in [-0.2, 0) is 11.3 Å². The van der Waals surface area contributed by atoms with Crippen LogP contribution >= 0.6 is 24.2 Å². The van der Waals surface area contributed by atoms with Gasteiger partial charge in [0.05, 0.1) is 11.9 Å². The number of hydrogen-bond donors (Lipinski definition) is 1. The molecule has 1 aromatic rings. The van der Waals surface area contributed by atoms with Crippen molar-refractivity contribution in [1.29, 1.82) is 0 Å². The first kappa shape index (κ1) is 21.3. The Morgan fingerprint density at radius 1 is 1.42 bits per heavy atom. The first-order valence-electron chi connectivity index (χ1n) is 8.49. The van der Waals surface area contributed by atoms with Gasteiger partial charge in [0.15, 0.2) is 0 Å². The fourth-order valence-corrected chi connectivity index (χ4v) is 3.69. The number of likely N-dealkylation sites (tertiary alicyclic amines) is 1. The van der Waals surface area contributed by atoms with E-state index in [1.165, 1.54) is 5.56 Å². The highest BCUT2D eigenvalue weighted by Gasteiger charge is 2.35. The second kappa shape index (κ2) is 10.3. The number of carbonyl (C=O) groups is 1. The molecule has 1 saturated heterocycles. The Balaban J connectivity index is 0.00000288. The Morgan fingerprint density at radius 2 is 2.17 bits per heavy atom. The molecule has 1 aromatic heterocycles. The molecule has 0 radical (unpaired) electrons. The van der Waals surface area contributed by atoms with E-state index in [-0.39, 0.29) is 18.3 Å². The van der Waals surface area contributed by atoms with Gasteiger partial charge in [0.1, 0.15) is 0 Å². The lowest BCUT2D eigenvalue weighted by molar-refractivity contribution is -0.119. The molecule has 2 heterocycles. The summed E-state index contributed by atoms with van der Waals surface area (Å²) in [6.07, 6.45) is 7.06. The molecule has 138 valence electrons. The minimum Gasteiger partial charge on any atom is -0.351 e. The summed E-state index contributed by atoms with van der Waals surface area (Å²) in [5, 5.41) is 7.57. The molecule has 2 atom stereocenters. The maximum atomic E-state index is 11.9. The Morgan fingerprint density at radius 3 is 2.75 bits per heavy atom. The maximum Gasteiger partial charge on any atom is 0.230 e. The number of rotatable bonds is 8. The SMILES string of the molecule is CSCC(=O)N[C@H]1CN(CCCn2cc(C)cn2)C[C@@H]1C(C)C.Cl. The van der Waals surface area contributed by atoms with Crippen LogP contribution in [-0.4, -0.2) is 58.3 Å². The smallest absolute Gasteiger partial charge is 0.230 e. The van der Waals surface area contributed by atoms with Crippen molar-refractivity contribution in [1.82, 2.24) is 20.0 Å². The van der Waals surface area contributed by atoms with Crippen LogP contribution in [0.3, 0.4) is 0 Å². The zero-order valence-corrected chi connectivity index (χ0v) is 16.8. The van der Waals surface area contributed by atoms with Crippen molar-refractivity contribution in [3.63, 3.8) is 0 Å². The summed E-state index contributed by atoms with van der Waals surface area (Å²) in [4.78, 5) is 14.4. The highest BCUT2D eigenvalue weighted by Crippen LogP contribution is 2.24. The molecule has 0 spiro atoms. The van der Waals surface area contributed by atoms with E-state index in [9.17, 15) is 4.79 Å². The van der Waals surface area contributed by atoms with Gasteiger partial charge < -0.3 is 10.2 Å². The first-order valence-corrected chi connectivity index (χ1v) is 9.88. The molecular weight excluding hydrogens is 344 g/mol. The fraction of sp³-hybridized carbons (Fsp3) is 0.765. The number of aryl methyl sites for hydroxylation is 2. The normalized spacial score (nSPS) is 21.0. The Labute approximate surface area is 156 Å². The molecule has 5 nitrogen and oxygen atoms in total. The van der Waals surface area contributed by atoms with Gasteiger partial charge in [-0.05, 0) is 43.5 Å². The molecule has 0 saturated carbocycles. The molecule has 1 fully saturated rings. The molecule has 1 aliphatic rings. The molecule has 7 heteroatoms. The third kappa shape index (κ3) is 6.30. The van der Waals surface area contributed by atoms with E-state index in [0.29, 0.717) is 23.6 Å². The topological polar surface area (TPSA) is 50.2 Å². The van der Waals surface area contributed by atoms with Crippen LogP contribution in [0.2, 0.25) is 0 Å². The van der Waals surface area contributed by atoms with Gasteiger partial charge in [-0.1, -0.05) is 13.8 Å². The van der Waals surface area contributed by atoms with Crippen molar-refractivity contribution in [3.05, 3.63) is 18.0 Å². The number of carbonyl (C=O) groups excluding carboxylic acids is 1. The summed E-state index contributed by atoms with van der Waals surface area (Å²) in [7, 11) is 0. The van der Waals surface area contributed by atoms with Crippen molar-refractivity contribution >= 4 is 30.1 Å². The van der Waals surface area contributed by atoms with Crippen molar-refractivity contribution in [2.75, 3.05) is 31.6 Å². The monoisotopic (exact) mass is 374 g/mol. The Hall–Kier alpha value is -0.720. The summed E-state index contributed by atoms with van der Waals surface area (Å²) < 4.78 is 2.02. The number of thioether (sulfide) groups is 1. The van der Waals surface area contributed by atoms with Gasteiger partial charge in [-0.15, -0.1) is 12.4 Å². The summed E-state index contributed by atoms with van der Waals surface area (Å²) in [5.41, 5.74) is 1.21. The predicted molar refractivity (Wildman–Crippen MR) is 104 cm³/mol. The Kier molecular flexibility index (Phi) is 9.16. The zero-order chi connectivity index (χ0) is 16.8. The lowest BCUT2D eigenvalue weighted by Gasteiger charge is -2.22. The third-order valence-electron chi connectivity index (χ3n) is 4.54. The van der Waals surface area contributed by atoms with Gasteiger partial charge in [0.25, 0.3) is 0 Å². The molecule has 1 aliphatic heterocycles. The second-order valence-corrected chi connectivity index (χ2v) is 7.77. The molecule has 1 N–H and O–H groups in total. The Bertz CT molecular complexity index is 509. The van der Waals surface area contributed by atoms with Gasteiger partial charge in [-0.3, -0.25) is 9.48 Å². The minimum absolute atomic E-state index is 0. The van der Waals surface area contributed by atoms with Gasteiger partial charge in [0.2, 0.25) is 5.91 Å². The summed E-state index contributed by atoms with van der Waals surface area (Å²) >= 11 is 1.58. The molecule has 0 aliphatic carbocycles. The van der Waals surface area contributed by atoms with E-state index >= 15 is 0 Å². The number of aromatic nitrogens is 2. The van der Waals surface area contributed by atoms with Gasteiger partial charge in [-0.25, -0.2) is 0 Å². The number of halogens is 1. The number of nitrogens with zero attached hydrogens (tertiary/aromatic N) is 3. The van der Waals surface area contributed by atoms with Crippen LogP contribution in [0.25, 0.3) is 0 Å². The quantitative estimate of drug-likeness (QED) is 0.759. The van der Waals surface area contributed by atoms with Crippen molar-refractivity contribution in [2.45, 2.75) is 39.8 Å². The third-order valence-corrected chi connectivity index (χ3v) is 5.09. The summed E-state index contributed by atoms with van der Waals surface area (Å²) in [5.74, 6) is 1.86. The predicted octanol–water partition coefficient (Wildman–Crippen LogP) is 2.44. The highest BCUT2D eigenvalue weighted by molar-refractivity contribution is 7.99. The maximum absolute atomic E-state index is 11.9. The molecule has 0 unspecified atom stereocenters. The van der Waals surface area contributed by atoms with Crippen molar-refractivity contribution in [3.8, 4) is 0 Å². The molecule has 1 amide bonds. The van der Waals surface area contributed by atoms with E-state index in [4.69, 9.17) is 0 Å². The van der Waals surface area contributed by atoms with Crippen LogP contribution < -0.4 is 5.32 Å². The molecule has 0 bridgehead atoms. The summed E-state index contributed by atoms with van der Waals surface area (Å²) in [6.45, 7) is 10.7. The van der Waals surface area contributed by atoms with Crippen LogP contribution in [0.1, 0.15) is 25.8 Å². The second-order valence-electron chi connectivity index (χ2n) is 6.91. The lowest BCUT2D eigenvalue weighted by Crippen LogP contribution is -2.42. The summed E-state index contributed by atoms with van der Waals surface area (Å²) in [6, 6.07) is 0.293. The average Bonchev–Trinajstić information content (AvgIpc) is 3.06. The van der Waals surface area contributed by atoms with E-state index in [0.717, 1.165) is 32.6 Å². The van der Waals surface area contributed by atoms with Crippen LogP contribution in [0.5, 0.6) is 0 Å². The number of hydrogen-bond acceptors (Lipinski definition) is 4. The molecule has 24 heavy (non-hydrogen) atoms. The van der Waals surface area contributed by atoms with Crippen LogP contribution in [0, 0.1) is 18.8 Å². The van der Waals surface area contributed by atoms with Crippen LogP contribution in [0.4, 0.5) is 0 Å². The van der Waals surface area contributed by atoms with Crippen molar-refractivity contribution in [2.24, 2.45) is 11.8 Å². The number of amides is 1. The molecular formula is C17H31ClN4OS. The van der Waals surface area contributed by atoms with Gasteiger partial charge in [-0.2, -0.15) is 16.9 Å². The molecule has 2 rings (SSSR count). The van der Waals surface area contributed by atoms with Gasteiger partial charge in [0, 0.05) is 31.9 Å². The first-order chi connectivity index (χ1) is 11.0. The van der Waals surface area contributed by atoms with Crippen molar-refractivity contribution < 1.29 is 4.79 Å². The standard InChI is InChI=1S/C17H30N4OS.ClH/c1-13(2)15-10-20(11-16(15)19-17(22)12-23-4)6-5-7-21-9-14(3)8-18-21;/h8-9,13,15-16H,5-7,10-12H2,1-4H3,(H,19,22);1H/t15-,16+;/m1./s1. The zero-order valence-electron chi connectivity index (χ0n) is 15.2. The van der Waals surface area contributed by atoms with Gasteiger partial charge >= 0.3 is 0 Å². The van der Waals surface area contributed by atoms with E-state index < -0.39 is 0 Å². The average molecular weight is 375 g/mol. The largest absolute Gasteiger partial charge is 0.351 e. The minimum atomic E-state index is 0. The fourth-order valence-electron chi connectivity index (χ4n) is 3.35. The molecule has 0 aromatic carbocycles. The number of nitrogens with one attached hydrogen (secondary N) is 1. The van der Waals surface area contributed by atoms with E-state index in [1.807, 2.05) is 17.1 Å². The van der Waals surface area contributed by atoms with E-state index in [2.05, 4.69) is 42.3 Å².